The van der Waals surface area contributed by atoms with Gasteiger partial charge in [-0.1, -0.05) is 6.07 Å². The Morgan fingerprint density at radius 1 is 1.23 bits per heavy atom. The van der Waals surface area contributed by atoms with E-state index in [4.69, 9.17) is 4.74 Å². The molecule has 7 heteroatoms. The molecule has 0 bridgehead atoms. The van der Waals surface area contributed by atoms with Gasteiger partial charge in [-0.3, -0.25) is 4.79 Å². The van der Waals surface area contributed by atoms with Crippen LogP contribution < -0.4 is 4.74 Å². The molecule has 0 unspecified atom stereocenters. The van der Waals surface area contributed by atoms with Crippen molar-refractivity contribution in [2.45, 2.75) is 12.7 Å². The number of ether oxygens (including phenoxy) is 1. The zero-order valence-corrected chi connectivity index (χ0v) is 12.6. The van der Waals surface area contributed by atoms with Crippen LogP contribution in [0.2, 0.25) is 0 Å². The fourth-order valence-electron chi connectivity index (χ4n) is 1.72. The molecule has 2 rings (SSSR count). The lowest BCUT2D eigenvalue weighted by Crippen LogP contribution is -2.30. The summed E-state index contributed by atoms with van der Waals surface area (Å²) in [6.07, 6.45) is -4.38. The van der Waals surface area contributed by atoms with Crippen LogP contribution in [0.15, 0.2) is 41.8 Å². The van der Waals surface area contributed by atoms with Gasteiger partial charge in [0.2, 0.25) is 0 Å². The molecule has 0 fully saturated rings. The maximum absolute atomic E-state index is 12.4. The summed E-state index contributed by atoms with van der Waals surface area (Å²) in [5, 5.41) is 1.92. The van der Waals surface area contributed by atoms with Crippen molar-refractivity contribution < 1.29 is 22.7 Å². The molecule has 1 aromatic carbocycles. The lowest BCUT2D eigenvalue weighted by Gasteiger charge is -2.16. The summed E-state index contributed by atoms with van der Waals surface area (Å²) >= 11 is 1.55. The van der Waals surface area contributed by atoms with Gasteiger partial charge in [-0.05, 0) is 35.7 Å². The molecule has 3 nitrogen and oxygen atoms in total. The number of nitrogens with zero attached hydrogens (tertiary/aromatic N) is 1. The van der Waals surface area contributed by atoms with E-state index in [0.717, 1.165) is 17.0 Å². The van der Waals surface area contributed by atoms with Crippen LogP contribution in [0, 0.1) is 0 Å². The van der Waals surface area contributed by atoms with Crippen molar-refractivity contribution in [1.82, 2.24) is 4.90 Å². The Hall–Kier alpha value is -2.02. The second kappa shape index (κ2) is 6.83. The van der Waals surface area contributed by atoms with E-state index in [1.165, 1.54) is 17.0 Å². The van der Waals surface area contributed by atoms with Gasteiger partial charge >= 0.3 is 6.18 Å². The normalized spacial score (nSPS) is 11.3. The molecule has 1 amide bonds. The summed E-state index contributed by atoms with van der Waals surface area (Å²) in [6.45, 7) is 0.264. The average molecular weight is 329 g/mol. The molecule has 0 radical (unpaired) electrons. The number of amides is 1. The Labute approximate surface area is 129 Å². The molecule has 0 aliphatic rings. The van der Waals surface area contributed by atoms with Crippen molar-refractivity contribution in [3.63, 3.8) is 0 Å². The number of alkyl halides is 3. The molecule has 0 aliphatic heterocycles. The monoisotopic (exact) mass is 329 g/mol. The van der Waals surface area contributed by atoms with E-state index in [0.29, 0.717) is 6.54 Å². The van der Waals surface area contributed by atoms with Gasteiger partial charge in [-0.2, -0.15) is 13.2 Å². The second-order valence-electron chi connectivity index (χ2n) is 4.64. The number of benzene rings is 1. The van der Waals surface area contributed by atoms with E-state index < -0.39 is 11.7 Å². The number of hydrogen-bond acceptors (Lipinski definition) is 3. The van der Waals surface area contributed by atoms with Crippen LogP contribution in [-0.2, 0) is 17.5 Å². The molecular weight excluding hydrogens is 315 g/mol. The maximum Gasteiger partial charge on any atom is 0.416 e. The van der Waals surface area contributed by atoms with Gasteiger partial charge in [-0.15, -0.1) is 11.3 Å². The number of thiophene rings is 1. The molecule has 0 saturated heterocycles. The van der Waals surface area contributed by atoms with Gasteiger partial charge in [-0.25, -0.2) is 0 Å². The Balaban J connectivity index is 1.85. The number of carbonyl (C=O) groups is 1. The highest BCUT2D eigenvalue weighted by Crippen LogP contribution is 2.30. The predicted octanol–water partition coefficient (Wildman–Crippen LogP) is 3.80. The first kappa shape index (κ1) is 16.4. The highest BCUT2D eigenvalue weighted by atomic mass is 32.1. The van der Waals surface area contributed by atoms with Crippen LogP contribution in [0.25, 0.3) is 0 Å². The molecule has 1 heterocycles. The zero-order valence-electron chi connectivity index (χ0n) is 11.8. The van der Waals surface area contributed by atoms with E-state index >= 15 is 0 Å². The van der Waals surface area contributed by atoms with Gasteiger partial charge in [0.25, 0.3) is 5.91 Å². The third kappa shape index (κ3) is 4.49. The van der Waals surface area contributed by atoms with Crippen LogP contribution in [0.3, 0.4) is 0 Å². The van der Waals surface area contributed by atoms with Crippen molar-refractivity contribution >= 4 is 17.2 Å². The molecule has 0 atom stereocenters. The number of likely N-dealkylation sites (N-methyl/N-ethyl adjacent to an activating group) is 1. The minimum atomic E-state index is -4.38. The molecule has 118 valence electrons. The lowest BCUT2D eigenvalue weighted by molar-refractivity contribution is -0.137. The minimum absolute atomic E-state index is 0.215. The summed E-state index contributed by atoms with van der Waals surface area (Å²) in [5.74, 6) is -0.0147. The van der Waals surface area contributed by atoms with Gasteiger partial charge in [0.1, 0.15) is 5.75 Å². The highest BCUT2D eigenvalue weighted by molar-refractivity contribution is 7.09. The van der Waals surface area contributed by atoms with Gasteiger partial charge in [0.15, 0.2) is 6.61 Å². The minimum Gasteiger partial charge on any atom is -0.484 e. The largest absolute Gasteiger partial charge is 0.484 e. The molecule has 0 spiro atoms. The number of halogens is 3. The number of rotatable bonds is 5. The molecule has 1 aromatic heterocycles. The number of carbonyl (C=O) groups excluding carboxylic acids is 1. The van der Waals surface area contributed by atoms with Gasteiger partial charge in [0, 0.05) is 11.9 Å². The summed E-state index contributed by atoms with van der Waals surface area (Å²) in [7, 11) is 1.65. The van der Waals surface area contributed by atoms with Crippen LogP contribution in [0.1, 0.15) is 10.4 Å². The third-order valence-corrected chi connectivity index (χ3v) is 3.80. The number of hydrogen-bond donors (Lipinski definition) is 0. The molecule has 2 aromatic rings. The third-order valence-electron chi connectivity index (χ3n) is 2.94. The van der Waals surface area contributed by atoms with Gasteiger partial charge in [0.05, 0.1) is 12.1 Å². The standard InChI is InChI=1S/C15H14F3NO2S/c1-19(9-13-3-2-8-22-13)14(20)10-21-12-6-4-11(5-7-12)15(16,17)18/h2-8H,9-10H2,1H3. The fraction of sp³-hybridized carbons (Fsp3) is 0.267. The lowest BCUT2D eigenvalue weighted by atomic mass is 10.2. The van der Waals surface area contributed by atoms with Gasteiger partial charge < -0.3 is 9.64 Å². The average Bonchev–Trinajstić information content (AvgIpc) is 2.97. The van der Waals surface area contributed by atoms with Crippen molar-refractivity contribution in [3.8, 4) is 5.75 Å². The molecule has 0 aliphatic carbocycles. The van der Waals surface area contributed by atoms with E-state index in [9.17, 15) is 18.0 Å². The van der Waals surface area contributed by atoms with Crippen LogP contribution in [0.5, 0.6) is 5.75 Å². The van der Waals surface area contributed by atoms with E-state index in [1.807, 2.05) is 17.5 Å². The maximum atomic E-state index is 12.4. The first-order chi connectivity index (χ1) is 10.4. The smallest absolute Gasteiger partial charge is 0.416 e. The first-order valence-corrected chi connectivity index (χ1v) is 7.30. The Kier molecular flexibility index (Phi) is 5.07. The van der Waals surface area contributed by atoms with Crippen LogP contribution in [-0.4, -0.2) is 24.5 Å². The first-order valence-electron chi connectivity index (χ1n) is 6.42. The van der Waals surface area contributed by atoms with E-state index in [-0.39, 0.29) is 18.3 Å². The molecule has 0 saturated carbocycles. The van der Waals surface area contributed by atoms with Crippen molar-refractivity contribution in [1.29, 1.82) is 0 Å². The predicted molar refractivity (Wildman–Crippen MR) is 77.7 cm³/mol. The van der Waals surface area contributed by atoms with Crippen molar-refractivity contribution in [3.05, 3.63) is 52.2 Å². The second-order valence-corrected chi connectivity index (χ2v) is 5.67. The van der Waals surface area contributed by atoms with Crippen molar-refractivity contribution in [2.75, 3.05) is 13.7 Å². The summed E-state index contributed by atoms with van der Waals surface area (Å²) in [5.41, 5.74) is -0.749. The van der Waals surface area contributed by atoms with Crippen LogP contribution >= 0.6 is 11.3 Å². The summed E-state index contributed by atoms with van der Waals surface area (Å²) in [6, 6.07) is 8.08. The van der Waals surface area contributed by atoms with E-state index in [1.54, 1.807) is 18.4 Å². The SMILES string of the molecule is CN(Cc1cccs1)C(=O)COc1ccc(C(F)(F)F)cc1. The van der Waals surface area contributed by atoms with Crippen molar-refractivity contribution in [2.24, 2.45) is 0 Å². The summed E-state index contributed by atoms with van der Waals surface area (Å²) < 4.78 is 42.5. The topological polar surface area (TPSA) is 29.5 Å². The van der Waals surface area contributed by atoms with E-state index in [2.05, 4.69) is 0 Å². The Morgan fingerprint density at radius 2 is 1.91 bits per heavy atom. The highest BCUT2D eigenvalue weighted by Gasteiger charge is 2.30. The van der Waals surface area contributed by atoms with Crippen LogP contribution in [0.4, 0.5) is 13.2 Å². The zero-order chi connectivity index (χ0) is 16.2. The Bertz CT molecular complexity index is 609. The fourth-order valence-corrected chi connectivity index (χ4v) is 2.48. The molecule has 0 N–H and O–H groups in total. The summed E-state index contributed by atoms with van der Waals surface area (Å²) in [4.78, 5) is 14.5. The Morgan fingerprint density at radius 3 is 2.45 bits per heavy atom. The molecule has 22 heavy (non-hydrogen) atoms. The quantitative estimate of drug-likeness (QED) is 0.835. The molecular formula is C15H14F3NO2S.